The highest BCUT2D eigenvalue weighted by molar-refractivity contribution is 6.06. The molecule has 0 radical (unpaired) electrons. The Balaban J connectivity index is 2.22. The Morgan fingerprint density at radius 1 is 1.00 bits per heavy atom. The molecule has 1 aromatic carbocycles. The van der Waals surface area contributed by atoms with E-state index < -0.39 is 0 Å². The minimum Gasteiger partial charge on any atom is -0.294 e. The van der Waals surface area contributed by atoms with E-state index in [1.54, 1.807) is 0 Å². The van der Waals surface area contributed by atoms with E-state index in [0.29, 0.717) is 5.78 Å². The van der Waals surface area contributed by atoms with Gasteiger partial charge in [0.25, 0.3) is 0 Å². The number of ketones is 1. The Labute approximate surface area is 103 Å². The van der Waals surface area contributed by atoms with Crippen molar-refractivity contribution in [1.82, 2.24) is 0 Å². The number of benzene rings is 1. The van der Waals surface area contributed by atoms with Crippen molar-refractivity contribution >= 4 is 5.78 Å². The molecule has 1 spiro atoms. The molecule has 0 heterocycles. The number of rotatable bonds is 0. The van der Waals surface area contributed by atoms with Crippen LogP contribution in [0.2, 0.25) is 0 Å². The molecule has 1 aromatic rings. The molecule has 1 fully saturated rings. The summed E-state index contributed by atoms with van der Waals surface area (Å²) in [7, 11) is 0. The fourth-order valence-corrected chi connectivity index (χ4v) is 4.04. The number of hydrogen-bond acceptors (Lipinski definition) is 1. The van der Waals surface area contributed by atoms with Crippen molar-refractivity contribution in [2.24, 2.45) is 5.41 Å². The third-order valence-corrected chi connectivity index (χ3v) is 5.16. The van der Waals surface area contributed by atoms with Crippen LogP contribution in [0, 0.1) is 5.41 Å². The fraction of sp³-hybridized carbons (Fsp3) is 0.562. The summed E-state index contributed by atoms with van der Waals surface area (Å²) < 4.78 is 0. The summed E-state index contributed by atoms with van der Waals surface area (Å²) in [5.74, 6) is 0.356. The standard InChI is InChI=1S/C16H20O/c1-15(2)14(17)12-8-4-5-9-13(12)16(15)10-6-3-7-11-16/h4-5,8-9H,3,6-7,10-11H2,1-2H3. The zero-order valence-electron chi connectivity index (χ0n) is 10.8. The van der Waals surface area contributed by atoms with Crippen LogP contribution in [0.1, 0.15) is 61.9 Å². The van der Waals surface area contributed by atoms with Crippen molar-refractivity contribution in [1.29, 1.82) is 0 Å². The average molecular weight is 228 g/mol. The Morgan fingerprint density at radius 2 is 1.65 bits per heavy atom. The summed E-state index contributed by atoms with van der Waals surface area (Å²) in [6, 6.07) is 8.29. The fourth-order valence-electron chi connectivity index (χ4n) is 4.04. The van der Waals surface area contributed by atoms with E-state index in [1.165, 1.54) is 37.7 Å². The highest BCUT2D eigenvalue weighted by atomic mass is 16.1. The first-order valence-electron chi connectivity index (χ1n) is 6.74. The van der Waals surface area contributed by atoms with Crippen molar-refractivity contribution in [2.45, 2.75) is 51.4 Å². The van der Waals surface area contributed by atoms with Gasteiger partial charge < -0.3 is 0 Å². The van der Waals surface area contributed by atoms with Crippen LogP contribution in [0.4, 0.5) is 0 Å². The zero-order chi connectivity index (χ0) is 12.1. The molecule has 0 bridgehead atoms. The first-order chi connectivity index (χ1) is 8.09. The van der Waals surface area contributed by atoms with Crippen molar-refractivity contribution in [3.8, 4) is 0 Å². The van der Waals surface area contributed by atoms with Gasteiger partial charge in [-0.1, -0.05) is 57.4 Å². The normalized spacial score (nSPS) is 24.9. The van der Waals surface area contributed by atoms with Crippen LogP contribution >= 0.6 is 0 Å². The quantitative estimate of drug-likeness (QED) is 0.653. The van der Waals surface area contributed by atoms with Gasteiger partial charge in [0.15, 0.2) is 5.78 Å². The van der Waals surface area contributed by atoms with E-state index in [9.17, 15) is 4.79 Å². The monoisotopic (exact) mass is 228 g/mol. The van der Waals surface area contributed by atoms with E-state index in [2.05, 4.69) is 26.0 Å². The number of carbonyl (C=O) groups excluding carboxylic acids is 1. The molecule has 3 rings (SSSR count). The molecular formula is C16H20O. The minimum atomic E-state index is -0.211. The second-order valence-corrected chi connectivity index (χ2v) is 6.14. The van der Waals surface area contributed by atoms with Gasteiger partial charge in [-0.3, -0.25) is 4.79 Å². The highest BCUT2D eigenvalue weighted by Crippen LogP contribution is 2.58. The zero-order valence-corrected chi connectivity index (χ0v) is 10.8. The molecule has 0 saturated heterocycles. The van der Waals surface area contributed by atoms with E-state index in [0.717, 1.165) is 5.56 Å². The van der Waals surface area contributed by atoms with Gasteiger partial charge >= 0.3 is 0 Å². The number of hydrogen-bond donors (Lipinski definition) is 0. The molecule has 17 heavy (non-hydrogen) atoms. The molecule has 1 heteroatoms. The predicted molar refractivity (Wildman–Crippen MR) is 69.3 cm³/mol. The van der Waals surface area contributed by atoms with Crippen LogP contribution in [0.3, 0.4) is 0 Å². The van der Waals surface area contributed by atoms with E-state index in [1.807, 2.05) is 12.1 Å². The second kappa shape index (κ2) is 3.44. The summed E-state index contributed by atoms with van der Waals surface area (Å²) in [4.78, 5) is 12.6. The molecule has 90 valence electrons. The maximum absolute atomic E-state index is 12.6. The Morgan fingerprint density at radius 3 is 2.35 bits per heavy atom. The maximum Gasteiger partial charge on any atom is 0.169 e. The Bertz CT molecular complexity index is 464. The van der Waals surface area contributed by atoms with Gasteiger partial charge in [0.1, 0.15) is 0 Å². The van der Waals surface area contributed by atoms with Gasteiger partial charge in [0.2, 0.25) is 0 Å². The third-order valence-electron chi connectivity index (χ3n) is 5.16. The second-order valence-electron chi connectivity index (χ2n) is 6.14. The van der Waals surface area contributed by atoms with Gasteiger partial charge in [-0.25, -0.2) is 0 Å². The van der Waals surface area contributed by atoms with Gasteiger partial charge in [0.05, 0.1) is 0 Å². The first-order valence-corrected chi connectivity index (χ1v) is 6.74. The van der Waals surface area contributed by atoms with Crippen LogP contribution < -0.4 is 0 Å². The summed E-state index contributed by atoms with van der Waals surface area (Å²) in [6.07, 6.45) is 6.23. The lowest BCUT2D eigenvalue weighted by Crippen LogP contribution is -2.42. The molecule has 2 aliphatic carbocycles. The maximum atomic E-state index is 12.6. The van der Waals surface area contributed by atoms with Gasteiger partial charge in [-0.15, -0.1) is 0 Å². The van der Waals surface area contributed by atoms with Crippen LogP contribution in [-0.2, 0) is 5.41 Å². The number of Topliss-reactive ketones (excluding diaryl/α,β-unsaturated/α-hetero) is 1. The summed E-state index contributed by atoms with van der Waals surface area (Å²) in [5.41, 5.74) is 2.23. The molecule has 0 atom stereocenters. The van der Waals surface area contributed by atoms with Crippen molar-refractivity contribution in [3.63, 3.8) is 0 Å². The lowest BCUT2D eigenvalue weighted by atomic mass is 9.58. The lowest BCUT2D eigenvalue weighted by Gasteiger charge is -2.44. The van der Waals surface area contributed by atoms with Gasteiger partial charge in [-0.05, 0) is 18.4 Å². The minimum absolute atomic E-state index is 0.124. The molecule has 1 nitrogen and oxygen atoms in total. The number of fused-ring (bicyclic) bond motifs is 2. The predicted octanol–water partition coefficient (Wildman–Crippen LogP) is 4.11. The topological polar surface area (TPSA) is 17.1 Å². The van der Waals surface area contributed by atoms with Crippen molar-refractivity contribution < 1.29 is 4.79 Å². The smallest absolute Gasteiger partial charge is 0.169 e. The molecule has 0 N–H and O–H groups in total. The molecule has 2 aliphatic rings. The lowest BCUT2D eigenvalue weighted by molar-refractivity contribution is 0.0670. The largest absolute Gasteiger partial charge is 0.294 e. The highest BCUT2D eigenvalue weighted by Gasteiger charge is 2.57. The molecule has 0 amide bonds. The van der Waals surface area contributed by atoms with Crippen LogP contribution in [0.5, 0.6) is 0 Å². The van der Waals surface area contributed by atoms with Gasteiger partial charge in [0, 0.05) is 16.4 Å². The molecule has 1 saturated carbocycles. The van der Waals surface area contributed by atoms with Crippen molar-refractivity contribution in [2.75, 3.05) is 0 Å². The molecular weight excluding hydrogens is 208 g/mol. The van der Waals surface area contributed by atoms with Crippen LogP contribution in [0.25, 0.3) is 0 Å². The SMILES string of the molecule is CC1(C)C(=O)c2ccccc2C12CCCCC2. The van der Waals surface area contributed by atoms with E-state index in [4.69, 9.17) is 0 Å². The molecule has 0 aliphatic heterocycles. The van der Waals surface area contributed by atoms with E-state index in [-0.39, 0.29) is 10.8 Å². The van der Waals surface area contributed by atoms with Crippen LogP contribution in [-0.4, -0.2) is 5.78 Å². The Hall–Kier alpha value is -1.11. The first kappa shape index (κ1) is 11.0. The molecule has 0 aromatic heterocycles. The number of carbonyl (C=O) groups is 1. The van der Waals surface area contributed by atoms with Crippen molar-refractivity contribution in [3.05, 3.63) is 35.4 Å². The van der Waals surface area contributed by atoms with E-state index >= 15 is 0 Å². The van der Waals surface area contributed by atoms with Gasteiger partial charge in [-0.2, -0.15) is 0 Å². The summed E-state index contributed by atoms with van der Waals surface area (Å²) in [6.45, 7) is 4.31. The summed E-state index contributed by atoms with van der Waals surface area (Å²) in [5, 5.41) is 0. The summed E-state index contributed by atoms with van der Waals surface area (Å²) >= 11 is 0. The Kier molecular flexibility index (Phi) is 2.23. The van der Waals surface area contributed by atoms with Crippen LogP contribution in [0.15, 0.2) is 24.3 Å². The third kappa shape index (κ3) is 1.23. The average Bonchev–Trinajstić information content (AvgIpc) is 2.52. The molecule has 0 unspecified atom stereocenters.